The molecular weight excluding hydrogens is 375 g/mol. The monoisotopic (exact) mass is 392 g/mol. The maximum Gasteiger partial charge on any atom is 0.241 e. The third-order valence-corrected chi connectivity index (χ3v) is 5.91. The standard InChI is InChI=1S/C18H17FN2O5S/c19-12-2-1-3-14(8-12)21-11-13(9-18(21)22)20-27(23,24)15-4-5-16-17(10-15)26-7-6-25-16/h1-5,8,10,13,20H,6-7,9,11H2/t13-/m0/s1. The van der Waals surface area contributed by atoms with Gasteiger partial charge in [0.2, 0.25) is 15.9 Å². The van der Waals surface area contributed by atoms with Crippen LogP contribution in [0.3, 0.4) is 0 Å². The second-order valence-electron chi connectivity index (χ2n) is 6.31. The Kier molecular flexibility index (Phi) is 4.48. The highest BCUT2D eigenvalue weighted by molar-refractivity contribution is 7.89. The fraction of sp³-hybridized carbons (Fsp3) is 0.278. The van der Waals surface area contributed by atoms with Crippen molar-refractivity contribution in [2.24, 2.45) is 0 Å². The molecule has 2 aliphatic heterocycles. The summed E-state index contributed by atoms with van der Waals surface area (Å²) in [5.74, 6) is 0.137. The van der Waals surface area contributed by atoms with E-state index in [0.29, 0.717) is 30.4 Å². The van der Waals surface area contributed by atoms with Gasteiger partial charge in [0.25, 0.3) is 0 Å². The van der Waals surface area contributed by atoms with Crippen LogP contribution in [0.25, 0.3) is 0 Å². The van der Waals surface area contributed by atoms with E-state index in [1.807, 2.05) is 0 Å². The van der Waals surface area contributed by atoms with Crippen molar-refractivity contribution < 1.29 is 27.1 Å². The van der Waals surface area contributed by atoms with Crippen molar-refractivity contribution in [1.29, 1.82) is 0 Å². The largest absolute Gasteiger partial charge is 0.486 e. The minimum absolute atomic E-state index is 0.000293. The molecule has 7 nitrogen and oxygen atoms in total. The molecule has 0 saturated carbocycles. The van der Waals surface area contributed by atoms with E-state index in [0.717, 1.165) is 0 Å². The number of carbonyl (C=O) groups is 1. The SMILES string of the molecule is O=C1C[C@H](NS(=O)(=O)c2ccc3c(c2)OCCO3)CN1c1cccc(F)c1. The molecule has 0 unspecified atom stereocenters. The topological polar surface area (TPSA) is 84.9 Å². The van der Waals surface area contributed by atoms with Gasteiger partial charge in [0, 0.05) is 30.8 Å². The summed E-state index contributed by atoms with van der Waals surface area (Å²) in [6.45, 7) is 0.896. The van der Waals surface area contributed by atoms with Crippen LogP contribution in [0.15, 0.2) is 47.4 Å². The van der Waals surface area contributed by atoms with E-state index in [-0.39, 0.29) is 23.8 Å². The average molecular weight is 392 g/mol. The summed E-state index contributed by atoms with van der Waals surface area (Å²) in [6, 6.07) is 9.40. The van der Waals surface area contributed by atoms with E-state index in [9.17, 15) is 17.6 Å². The Labute approximate surface area is 155 Å². The summed E-state index contributed by atoms with van der Waals surface area (Å²) in [6.07, 6.45) is 0.000293. The first kappa shape index (κ1) is 17.7. The number of hydrogen-bond acceptors (Lipinski definition) is 5. The third kappa shape index (κ3) is 3.60. The molecule has 0 radical (unpaired) electrons. The molecular formula is C18H17FN2O5S. The second-order valence-corrected chi connectivity index (χ2v) is 8.03. The maximum absolute atomic E-state index is 13.4. The number of anilines is 1. The summed E-state index contributed by atoms with van der Waals surface area (Å²) in [4.78, 5) is 13.6. The van der Waals surface area contributed by atoms with Crippen molar-refractivity contribution in [2.75, 3.05) is 24.7 Å². The van der Waals surface area contributed by atoms with E-state index in [1.54, 1.807) is 12.1 Å². The highest BCUT2D eigenvalue weighted by atomic mass is 32.2. The minimum Gasteiger partial charge on any atom is -0.486 e. The highest BCUT2D eigenvalue weighted by Crippen LogP contribution is 2.32. The number of ether oxygens (including phenoxy) is 2. The van der Waals surface area contributed by atoms with Crippen molar-refractivity contribution in [1.82, 2.24) is 4.72 Å². The lowest BCUT2D eigenvalue weighted by atomic mass is 10.3. The van der Waals surface area contributed by atoms with Gasteiger partial charge in [0.15, 0.2) is 11.5 Å². The molecule has 0 aliphatic carbocycles. The third-order valence-electron chi connectivity index (χ3n) is 4.39. The normalized spacial score (nSPS) is 19.4. The maximum atomic E-state index is 13.4. The zero-order valence-electron chi connectivity index (χ0n) is 14.2. The number of hydrogen-bond donors (Lipinski definition) is 1. The van der Waals surface area contributed by atoms with Crippen molar-refractivity contribution in [3.63, 3.8) is 0 Å². The van der Waals surface area contributed by atoms with Crippen LogP contribution in [-0.4, -0.2) is 40.1 Å². The quantitative estimate of drug-likeness (QED) is 0.856. The number of amides is 1. The molecule has 1 N–H and O–H groups in total. The van der Waals surface area contributed by atoms with Gasteiger partial charge in [-0.05, 0) is 30.3 Å². The van der Waals surface area contributed by atoms with Crippen LogP contribution in [0.1, 0.15) is 6.42 Å². The lowest BCUT2D eigenvalue weighted by Gasteiger charge is -2.20. The van der Waals surface area contributed by atoms with Gasteiger partial charge in [-0.3, -0.25) is 4.79 Å². The molecule has 0 aromatic heterocycles. The van der Waals surface area contributed by atoms with Gasteiger partial charge in [-0.25, -0.2) is 17.5 Å². The predicted octanol–water partition coefficient (Wildman–Crippen LogP) is 1.68. The van der Waals surface area contributed by atoms with E-state index < -0.39 is 21.9 Å². The zero-order chi connectivity index (χ0) is 19.0. The van der Waals surface area contributed by atoms with Crippen molar-refractivity contribution in [3.8, 4) is 11.5 Å². The van der Waals surface area contributed by atoms with Crippen LogP contribution < -0.4 is 19.1 Å². The van der Waals surface area contributed by atoms with Gasteiger partial charge in [-0.15, -0.1) is 0 Å². The van der Waals surface area contributed by atoms with Gasteiger partial charge < -0.3 is 14.4 Å². The van der Waals surface area contributed by atoms with Gasteiger partial charge in [0.05, 0.1) is 4.90 Å². The molecule has 0 bridgehead atoms. The molecule has 0 spiro atoms. The number of carbonyl (C=O) groups excluding carboxylic acids is 1. The summed E-state index contributed by atoms with van der Waals surface area (Å²) in [5.41, 5.74) is 0.404. The Morgan fingerprint density at radius 3 is 2.63 bits per heavy atom. The molecule has 9 heteroatoms. The number of fused-ring (bicyclic) bond motifs is 1. The first-order valence-electron chi connectivity index (χ1n) is 8.40. The van der Waals surface area contributed by atoms with Gasteiger partial charge in [-0.2, -0.15) is 0 Å². The van der Waals surface area contributed by atoms with E-state index >= 15 is 0 Å². The fourth-order valence-corrected chi connectivity index (χ4v) is 4.40. The fourth-order valence-electron chi connectivity index (χ4n) is 3.16. The van der Waals surface area contributed by atoms with E-state index in [2.05, 4.69) is 4.72 Å². The Morgan fingerprint density at radius 2 is 1.85 bits per heavy atom. The molecule has 2 aliphatic rings. The number of benzene rings is 2. The molecule has 4 rings (SSSR count). The number of sulfonamides is 1. The van der Waals surface area contributed by atoms with Crippen LogP contribution >= 0.6 is 0 Å². The number of nitrogens with zero attached hydrogens (tertiary/aromatic N) is 1. The average Bonchev–Trinajstić information content (AvgIpc) is 3.00. The molecule has 2 aromatic rings. The van der Waals surface area contributed by atoms with E-state index in [1.165, 1.54) is 35.2 Å². The highest BCUT2D eigenvalue weighted by Gasteiger charge is 2.34. The Bertz CT molecular complexity index is 995. The van der Waals surface area contributed by atoms with Crippen LogP contribution in [0.2, 0.25) is 0 Å². The van der Waals surface area contributed by atoms with Gasteiger partial charge in [0.1, 0.15) is 19.0 Å². The summed E-state index contributed by atoms with van der Waals surface area (Å²) < 4.78 is 52.1. The molecule has 1 atom stereocenters. The summed E-state index contributed by atoms with van der Waals surface area (Å²) >= 11 is 0. The lowest BCUT2D eigenvalue weighted by molar-refractivity contribution is -0.117. The number of halogens is 1. The first-order valence-corrected chi connectivity index (χ1v) is 9.89. The number of rotatable bonds is 4. The molecule has 2 heterocycles. The molecule has 2 aromatic carbocycles. The smallest absolute Gasteiger partial charge is 0.241 e. The molecule has 1 fully saturated rings. The Balaban J connectivity index is 1.51. The zero-order valence-corrected chi connectivity index (χ0v) is 15.0. The van der Waals surface area contributed by atoms with E-state index in [4.69, 9.17) is 9.47 Å². The van der Waals surface area contributed by atoms with Crippen molar-refractivity contribution in [3.05, 3.63) is 48.3 Å². The van der Waals surface area contributed by atoms with Gasteiger partial charge in [-0.1, -0.05) is 6.07 Å². The number of nitrogens with one attached hydrogen (secondary N) is 1. The van der Waals surface area contributed by atoms with Crippen molar-refractivity contribution >= 4 is 21.6 Å². The van der Waals surface area contributed by atoms with Gasteiger partial charge >= 0.3 is 0 Å². The molecule has 1 amide bonds. The lowest BCUT2D eigenvalue weighted by Crippen LogP contribution is -2.37. The second kappa shape index (κ2) is 6.82. The Morgan fingerprint density at radius 1 is 1.07 bits per heavy atom. The summed E-state index contributed by atoms with van der Waals surface area (Å²) in [5, 5.41) is 0. The molecule has 142 valence electrons. The first-order chi connectivity index (χ1) is 12.9. The molecule has 1 saturated heterocycles. The Hall–Kier alpha value is -2.65. The van der Waals surface area contributed by atoms with Crippen molar-refractivity contribution in [2.45, 2.75) is 17.4 Å². The van der Waals surface area contributed by atoms with Crippen LogP contribution in [0.5, 0.6) is 11.5 Å². The van der Waals surface area contributed by atoms with Crippen LogP contribution in [-0.2, 0) is 14.8 Å². The summed E-state index contributed by atoms with van der Waals surface area (Å²) in [7, 11) is -3.85. The van der Waals surface area contributed by atoms with Crippen LogP contribution in [0, 0.1) is 5.82 Å². The minimum atomic E-state index is -3.85. The van der Waals surface area contributed by atoms with Crippen LogP contribution in [0.4, 0.5) is 10.1 Å². The predicted molar refractivity (Wildman–Crippen MR) is 94.9 cm³/mol. The molecule has 27 heavy (non-hydrogen) atoms.